The van der Waals surface area contributed by atoms with Crippen LogP contribution >= 0.6 is 0 Å². The summed E-state index contributed by atoms with van der Waals surface area (Å²) >= 11 is 0. The maximum absolute atomic E-state index is 11.8. The van der Waals surface area contributed by atoms with Crippen LogP contribution < -0.4 is 0 Å². The smallest absolute Gasteiger partial charge is 0.306 e. The molecule has 0 bridgehead atoms. The average molecular weight is 264 g/mol. The van der Waals surface area contributed by atoms with Crippen molar-refractivity contribution in [2.75, 3.05) is 0 Å². The van der Waals surface area contributed by atoms with Crippen molar-refractivity contribution >= 4 is 5.97 Å². The van der Waals surface area contributed by atoms with Gasteiger partial charge < -0.3 is 4.74 Å². The molecule has 3 fully saturated rings. The third-order valence-corrected chi connectivity index (χ3v) is 7.09. The Morgan fingerprint density at radius 2 is 1.89 bits per heavy atom. The van der Waals surface area contributed by atoms with Gasteiger partial charge in [-0.15, -0.1) is 0 Å². The molecule has 1 unspecified atom stereocenters. The molecule has 2 nitrogen and oxygen atoms in total. The number of ether oxygens (including phenoxy) is 1. The van der Waals surface area contributed by atoms with Gasteiger partial charge in [-0.05, 0) is 49.4 Å². The average Bonchev–Trinajstić information content (AvgIpc) is 2.65. The topological polar surface area (TPSA) is 26.3 Å². The summed E-state index contributed by atoms with van der Waals surface area (Å²) in [5.41, 5.74) is 0.608. The van der Waals surface area contributed by atoms with Crippen LogP contribution in [0.15, 0.2) is 0 Å². The van der Waals surface area contributed by atoms with Gasteiger partial charge in [-0.2, -0.15) is 0 Å². The largest absolute Gasteiger partial charge is 0.459 e. The zero-order valence-electron chi connectivity index (χ0n) is 12.9. The summed E-state index contributed by atoms with van der Waals surface area (Å²) in [5, 5.41) is 0. The van der Waals surface area contributed by atoms with E-state index in [4.69, 9.17) is 4.74 Å². The first kappa shape index (κ1) is 13.5. The van der Waals surface area contributed by atoms with Crippen LogP contribution in [0.3, 0.4) is 0 Å². The lowest BCUT2D eigenvalue weighted by Crippen LogP contribution is -2.56. The molecule has 19 heavy (non-hydrogen) atoms. The van der Waals surface area contributed by atoms with E-state index in [-0.39, 0.29) is 11.6 Å². The fourth-order valence-corrected chi connectivity index (χ4v) is 5.88. The maximum Gasteiger partial charge on any atom is 0.306 e. The second-order valence-corrected chi connectivity index (χ2v) is 8.00. The molecule has 2 heteroatoms. The van der Waals surface area contributed by atoms with Gasteiger partial charge in [-0.25, -0.2) is 0 Å². The molecule has 5 atom stereocenters. The summed E-state index contributed by atoms with van der Waals surface area (Å²) in [4.78, 5) is 11.8. The molecule has 0 aromatic carbocycles. The minimum atomic E-state index is -0.172. The van der Waals surface area contributed by atoms with E-state index in [1.54, 1.807) is 0 Å². The molecule has 2 aliphatic carbocycles. The standard InChI is InChI=1S/C17H28O2/c1-5-15(2)8-6-9-16(3)12(15)7-10-17(4)13(16)11-14(18)19-17/h12-13H,5-11H2,1-4H3/t12?,13-,15+,16+,17-/m1/s1. The van der Waals surface area contributed by atoms with Crippen LogP contribution in [0.1, 0.15) is 72.6 Å². The number of hydrogen-bond acceptors (Lipinski definition) is 2. The first-order valence-corrected chi connectivity index (χ1v) is 8.06. The van der Waals surface area contributed by atoms with Crippen molar-refractivity contribution in [1.29, 1.82) is 0 Å². The van der Waals surface area contributed by atoms with E-state index in [0.717, 1.165) is 12.3 Å². The highest BCUT2D eigenvalue weighted by atomic mass is 16.6. The molecule has 0 amide bonds. The predicted molar refractivity (Wildman–Crippen MR) is 75.7 cm³/mol. The number of carbonyl (C=O) groups excluding carboxylic acids is 1. The number of fused-ring (bicyclic) bond motifs is 3. The Labute approximate surface area is 117 Å². The first-order chi connectivity index (χ1) is 8.84. The monoisotopic (exact) mass is 264 g/mol. The first-order valence-electron chi connectivity index (χ1n) is 8.06. The lowest BCUT2D eigenvalue weighted by Gasteiger charge is -2.60. The van der Waals surface area contributed by atoms with E-state index in [1.165, 1.54) is 32.1 Å². The molecular weight excluding hydrogens is 236 g/mol. The van der Waals surface area contributed by atoms with Crippen LogP contribution in [0.4, 0.5) is 0 Å². The van der Waals surface area contributed by atoms with Crippen LogP contribution in [0.25, 0.3) is 0 Å². The van der Waals surface area contributed by atoms with Crippen LogP contribution in [0, 0.1) is 22.7 Å². The lowest BCUT2D eigenvalue weighted by atomic mass is 9.45. The fraction of sp³-hybridized carbons (Fsp3) is 0.941. The predicted octanol–water partition coefficient (Wildman–Crippen LogP) is 4.32. The highest BCUT2D eigenvalue weighted by molar-refractivity contribution is 5.73. The Morgan fingerprint density at radius 1 is 1.16 bits per heavy atom. The number of esters is 1. The van der Waals surface area contributed by atoms with E-state index in [0.29, 0.717) is 23.2 Å². The van der Waals surface area contributed by atoms with Crippen LogP contribution in [-0.4, -0.2) is 11.6 Å². The van der Waals surface area contributed by atoms with Crippen molar-refractivity contribution < 1.29 is 9.53 Å². The van der Waals surface area contributed by atoms with Gasteiger partial charge in [0.05, 0.1) is 6.42 Å². The number of rotatable bonds is 1. The van der Waals surface area contributed by atoms with Gasteiger partial charge in [0.15, 0.2) is 0 Å². The van der Waals surface area contributed by atoms with Crippen LogP contribution in [0.2, 0.25) is 0 Å². The van der Waals surface area contributed by atoms with Crippen molar-refractivity contribution in [3.8, 4) is 0 Å². The summed E-state index contributed by atoms with van der Waals surface area (Å²) in [6.07, 6.45) is 8.19. The summed E-state index contributed by atoms with van der Waals surface area (Å²) in [6, 6.07) is 0. The van der Waals surface area contributed by atoms with Gasteiger partial charge >= 0.3 is 5.97 Å². The highest BCUT2D eigenvalue weighted by Gasteiger charge is 2.63. The third-order valence-electron chi connectivity index (χ3n) is 7.09. The van der Waals surface area contributed by atoms with Crippen LogP contribution in [-0.2, 0) is 9.53 Å². The molecule has 0 aromatic heterocycles. The molecule has 0 N–H and O–H groups in total. The Bertz CT molecular complexity index is 404. The molecule has 108 valence electrons. The van der Waals surface area contributed by atoms with E-state index < -0.39 is 0 Å². The van der Waals surface area contributed by atoms with Crippen molar-refractivity contribution in [2.24, 2.45) is 22.7 Å². The third kappa shape index (κ3) is 1.71. The molecule has 0 radical (unpaired) electrons. The molecule has 0 aromatic rings. The van der Waals surface area contributed by atoms with Gasteiger partial charge in [0, 0.05) is 5.92 Å². The summed E-state index contributed by atoms with van der Waals surface area (Å²) in [7, 11) is 0. The van der Waals surface area contributed by atoms with Crippen LogP contribution in [0.5, 0.6) is 0 Å². The molecule has 1 saturated heterocycles. The summed E-state index contributed by atoms with van der Waals surface area (Å²) in [6.45, 7) is 9.46. The lowest BCUT2D eigenvalue weighted by molar-refractivity contribution is -0.166. The quantitative estimate of drug-likeness (QED) is 0.659. The second kappa shape index (κ2) is 3.99. The van der Waals surface area contributed by atoms with Gasteiger partial charge in [0.1, 0.15) is 5.60 Å². The normalized spacial score (nSPS) is 53.4. The van der Waals surface area contributed by atoms with Crippen molar-refractivity contribution in [2.45, 2.75) is 78.2 Å². The number of carbonyl (C=O) groups is 1. The zero-order chi connectivity index (χ0) is 13.9. The molecule has 2 saturated carbocycles. The summed E-state index contributed by atoms with van der Waals surface area (Å²) < 4.78 is 5.73. The SMILES string of the molecule is CC[C@@]1(C)CCC[C@@]2(C)C1CC[C@@]1(C)OC(=O)C[C@@H]12. The second-order valence-electron chi connectivity index (χ2n) is 8.00. The fourth-order valence-electron chi connectivity index (χ4n) is 5.88. The molecule has 0 spiro atoms. The number of hydrogen-bond donors (Lipinski definition) is 0. The summed E-state index contributed by atoms with van der Waals surface area (Å²) in [5.74, 6) is 1.25. The van der Waals surface area contributed by atoms with E-state index >= 15 is 0 Å². The van der Waals surface area contributed by atoms with Crippen molar-refractivity contribution in [3.05, 3.63) is 0 Å². The Hall–Kier alpha value is -0.530. The Balaban J connectivity index is 1.99. The van der Waals surface area contributed by atoms with Gasteiger partial charge in [-0.1, -0.05) is 33.6 Å². The molecule has 3 rings (SSSR count). The maximum atomic E-state index is 11.8. The highest BCUT2D eigenvalue weighted by Crippen LogP contribution is 2.65. The van der Waals surface area contributed by atoms with E-state index in [2.05, 4.69) is 27.7 Å². The molecule has 1 aliphatic heterocycles. The van der Waals surface area contributed by atoms with Gasteiger partial charge in [0.25, 0.3) is 0 Å². The molecular formula is C17H28O2. The van der Waals surface area contributed by atoms with Gasteiger partial charge in [0.2, 0.25) is 0 Å². The van der Waals surface area contributed by atoms with Crippen molar-refractivity contribution in [3.63, 3.8) is 0 Å². The minimum absolute atomic E-state index is 0.0400. The Kier molecular flexibility index (Phi) is 2.82. The zero-order valence-corrected chi connectivity index (χ0v) is 12.9. The van der Waals surface area contributed by atoms with Crippen molar-refractivity contribution in [1.82, 2.24) is 0 Å². The minimum Gasteiger partial charge on any atom is -0.459 e. The molecule has 1 heterocycles. The van der Waals surface area contributed by atoms with Gasteiger partial charge in [-0.3, -0.25) is 4.79 Å². The molecule has 3 aliphatic rings. The van der Waals surface area contributed by atoms with E-state index in [1.807, 2.05) is 0 Å². The Morgan fingerprint density at radius 3 is 2.58 bits per heavy atom. The van der Waals surface area contributed by atoms with E-state index in [9.17, 15) is 4.79 Å².